The number of hydrogen-bond donors (Lipinski definition) is 0. The van der Waals surface area contributed by atoms with Gasteiger partial charge in [0.25, 0.3) is 0 Å². The van der Waals surface area contributed by atoms with Gasteiger partial charge in [-0.05, 0) is 24.0 Å². The van der Waals surface area contributed by atoms with Gasteiger partial charge in [0.1, 0.15) is 10.0 Å². The summed E-state index contributed by atoms with van der Waals surface area (Å²) >= 11 is 0. The van der Waals surface area contributed by atoms with Crippen molar-refractivity contribution in [2.24, 2.45) is 0 Å². The Bertz CT molecular complexity index is 149. The molecule has 0 N–H and O–H groups in total. The van der Waals surface area contributed by atoms with Gasteiger partial charge in [0.05, 0.1) is 6.61 Å². The minimum absolute atomic E-state index is 0.255. The third kappa shape index (κ3) is 7.81. The van der Waals surface area contributed by atoms with Crippen molar-refractivity contribution < 1.29 is 13.7 Å². The molecular weight excluding hydrogens is 188 g/mol. The predicted molar refractivity (Wildman–Crippen MR) is 44.7 cm³/mol. The summed E-state index contributed by atoms with van der Waals surface area (Å²) in [6, 6.07) is 0. The molecule has 5 heteroatoms. The molecule has 3 nitrogen and oxygen atoms in total. The molecule has 0 aliphatic carbocycles. The van der Waals surface area contributed by atoms with Crippen LogP contribution in [0, 0.1) is 0 Å². The summed E-state index contributed by atoms with van der Waals surface area (Å²) in [6.07, 6.45) is 0.821. The zero-order valence-corrected chi connectivity index (χ0v) is 7.91. The van der Waals surface area contributed by atoms with Gasteiger partial charge in [-0.2, -0.15) is 0 Å². The molecule has 0 aromatic heterocycles. The van der Waals surface area contributed by atoms with Crippen molar-refractivity contribution in [1.29, 1.82) is 0 Å². The fraction of sp³-hybridized carbons (Fsp3) is 0.833. The van der Waals surface area contributed by atoms with E-state index in [1.807, 2.05) is 0 Å². The minimum atomic E-state index is -1.32. The highest BCUT2D eigenvalue weighted by Crippen LogP contribution is 1.97. The van der Waals surface area contributed by atoms with Crippen LogP contribution in [0.3, 0.4) is 0 Å². The molecule has 0 rings (SSSR count). The van der Waals surface area contributed by atoms with E-state index >= 15 is 0 Å². The topological polar surface area (TPSA) is 43.4 Å². The molecule has 11 heavy (non-hydrogen) atoms. The summed E-state index contributed by atoms with van der Waals surface area (Å²) < 4.78 is 15.0. The molecule has 0 aliphatic rings. The first-order chi connectivity index (χ1) is 5.16. The predicted octanol–water partition coefficient (Wildman–Crippen LogP) is 1.23. The molecule has 0 aromatic carbocycles. The number of ether oxygens (including phenoxy) is 1. The van der Waals surface area contributed by atoms with Crippen LogP contribution in [-0.2, 0) is 19.5 Å². The second-order valence-corrected chi connectivity index (χ2v) is 3.92. The van der Waals surface area contributed by atoms with Crippen LogP contribution in [0.2, 0.25) is 0 Å². The average molecular weight is 199 g/mol. The average Bonchev–Trinajstić information content (AvgIpc) is 1.87. The van der Waals surface area contributed by atoms with Crippen LogP contribution in [0.15, 0.2) is 0 Å². The number of carbonyl (C=O) groups is 1. The SMILES string of the molecule is CCOC(=O)CCCS(=O)Cl. The van der Waals surface area contributed by atoms with Gasteiger partial charge in [0.15, 0.2) is 0 Å². The first-order valence-corrected chi connectivity index (χ1v) is 5.51. The number of carbonyl (C=O) groups excluding carboxylic acids is 1. The molecule has 0 amide bonds. The van der Waals surface area contributed by atoms with Crippen LogP contribution in [0.25, 0.3) is 0 Å². The van der Waals surface area contributed by atoms with E-state index in [9.17, 15) is 9.00 Å². The Kier molecular flexibility index (Phi) is 6.56. The Morgan fingerprint density at radius 3 is 2.73 bits per heavy atom. The van der Waals surface area contributed by atoms with Crippen LogP contribution in [-0.4, -0.2) is 22.5 Å². The van der Waals surface area contributed by atoms with E-state index < -0.39 is 10.0 Å². The van der Waals surface area contributed by atoms with Gasteiger partial charge >= 0.3 is 5.97 Å². The van der Waals surface area contributed by atoms with Crippen molar-refractivity contribution in [2.45, 2.75) is 19.8 Å². The van der Waals surface area contributed by atoms with Crippen LogP contribution in [0.1, 0.15) is 19.8 Å². The van der Waals surface area contributed by atoms with Gasteiger partial charge in [-0.1, -0.05) is 0 Å². The molecule has 0 aliphatic heterocycles. The lowest BCUT2D eigenvalue weighted by Crippen LogP contribution is -2.04. The zero-order valence-electron chi connectivity index (χ0n) is 6.34. The summed E-state index contributed by atoms with van der Waals surface area (Å²) in [6.45, 7) is 2.14. The highest BCUT2D eigenvalue weighted by molar-refractivity contribution is 8.08. The summed E-state index contributed by atoms with van der Waals surface area (Å²) in [5, 5.41) is 0. The highest BCUT2D eigenvalue weighted by Gasteiger charge is 2.01. The molecule has 0 heterocycles. The molecule has 0 saturated heterocycles. The second kappa shape index (κ2) is 6.61. The number of esters is 1. The largest absolute Gasteiger partial charge is 0.466 e. The second-order valence-electron chi connectivity index (χ2n) is 1.90. The number of rotatable bonds is 5. The van der Waals surface area contributed by atoms with Crippen molar-refractivity contribution in [3.05, 3.63) is 0 Å². The van der Waals surface area contributed by atoms with E-state index in [2.05, 4.69) is 4.74 Å². The van der Waals surface area contributed by atoms with Gasteiger partial charge in [-0.25, -0.2) is 4.21 Å². The maximum absolute atomic E-state index is 10.7. The van der Waals surface area contributed by atoms with Crippen molar-refractivity contribution in [2.75, 3.05) is 12.4 Å². The van der Waals surface area contributed by atoms with E-state index in [1.54, 1.807) is 6.92 Å². The molecule has 0 aromatic rings. The fourth-order valence-corrected chi connectivity index (χ4v) is 1.26. The molecule has 66 valence electrons. The van der Waals surface area contributed by atoms with Crippen LogP contribution >= 0.6 is 10.7 Å². The molecular formula is C6H11ClO3S. The van der Waals surface area contributed by atoms with E-state index in [1.165, 1.54) is 0 Å². The van der Waals surface area contributed by atoms with E-state index in [-0.39, 0.29) is 5.97 Å². The van der Waals surface area contributed by atoms with E-state index in [0.29, 0.717) is 25.2 Å². The minimum Gasteiger partial charge on any atom is -0.466 e. The van der Waals surface area contributed by atoms with Gasteiger partial charge in [0, 0.05) is 12.2 Å². The summed E-state index contributed by atoms with van der Waals surface area (Å²) in [5.41, 5.74) is 0. The molecule has 0 fully saturated rings. The number of halogens is 1. The Labute approximate surface area is 73.0 Å². The number of hydrogen-bond acceptors (Lipinski definition) is 3. The van der Waals surface area contributed by atoms with Crippen molar-refractivity contribution in [1.82, 2.24) is 0 Å². The molecule has 1 unspecified atom stereocenters. The zero-order chi connectivity index (χ0) is 8.69. The summed E-state index contributed by atoms with van der Waals surface area (Å²) in [7, 11) is 3.84. The first kappa shape index (κ1) is 10.9. The lowest BCUT2D eigenvalue weighted by molar-refractivity contribution is -0.143. The summed E-state index contributed by atoms with van der Waals surface area (Å²) in [5.74, 6) is 0.0926. The van der Waals surface area contributed by atoms with Gasteiger partial charge < -0.3 is 4.74 Å². The third-order valence-electron chi connectivity index (χ3n) is 0.991. The Morgan fingerprint density at radius 2 is 2.27 bits per heavy atom. The first-order valence-electron chi connectivity index (χ1n) is 3.37. The van der Waals surface area contributed by atoms with E-state index in [0.717, 1.165) is 0 Å². The molecule has 0 bridgehead atoms. The van der Waals surface area contributed by atoms with Crippen LogP contribution in [0.4, 0.5) is 0 Å². The third-order valence-corrected chi connectivity index (χ3v) is 2.06. The summed E-state index contributed by atoms with van der Waals surface area (Å²) in [4.78, 5) is 10.7. The quantitative estimate of drug-likeness (QED) is 0.493. The van der Waals surface area contributed by atoms with Gasteiger partial charge in [-0.3, -0.25) is 4.79 Å². The smallest absolute Gasteiger partial charge is 0.305 e. The Morgan fingerprint density at radius 1 is 1.64 bits per heavy atom. The maximum atomic E-state index is 10.7. The normalized spacial score (nSPS) is 12.5. The van der Waals surface area contributed by atoms with Crippen LogP contribution < -0.4 is 0 Å². The van der Waals surface area contributed by atoms with E-state index in [4.69, 9.17) is 10.7 Å². The van der Waals surface area contributed by atoms with Crippen molar-refractivity contribution >= 4 is 26.7 Å². The molecule has 0 spiro atoms. The van der Waals surface area contributed by atoms with Gasteiger partial charge in [0.2, 0.25) is 0 Å². The standard InChI is InChI=1S/C6H11ClO3S/c1-2-10-6(8)4-3-5-11(7)9/h2-5H2,1H3. The highest BCUT2D eigenvalue weighted by atomic mass is 35.7. The Balaban J connectivity index is 3.24. The maximum Gasteiger partial charge on any atom is 0.305 e. The fourth-order valence-electron chi connectivity index (χ4n) is 0.563. The van der Waals surface area contributed by atoms with Gasteiger partial charge in [-0.15, -0.1) is 0 Å². The van der Waals surface area contributed by atoms with Crippen molar-refractivity contribution in [3.63, 3.8) is 0 Å². The molecule has 1 atom stereocenters. The Hall–Kier alpha value is -0.0900. The van der Waals surface area contributed by atoms with Crippen molar-refractivity contribution in [3.8, 4) is 0 Å². The van der Waals surface area contributed by atoms with Crippen LogP contribution in [0.5, 0.6) is 0 Å². The lowest BCUT2D eigenvalue weighted by atomic mass is 10.3. The monoisotopic (exact) mass is 198 g/mol. The lowest BCUT2D eigenvalue weighted by Gasteiger charge is -1.98. The molecule has 0 saturated carbocycles. The molecule has 0 radical (unpaired) electrons.